The molecule has 0 fully saturated rings. The molecular weight excluding hydrogens is 224 g/mol. The highest BCUT2D eigenvalue weighted by molar-refractivity contribution is 6.20. The molecule has 0 radical (unpaired) electrons. The first-order chi connectivity index (χ1) is 8.93. The van der Waals surface area contributed by atoms with Gasteiger partial charge >= 0.3 is 0 Å². The monoisotopic (exact) mass is 232 g/mol. The predicted octanol–water partition coefficient (Wildman–Crippen LogP) is 3.82. The summed E-state index contributed by atoms with van der Waals surface area (Å²) in [7, 11) is 0. The van der Waals surface area contributed by atoms with Crippen LogP contribution in [-0.4, -0.2) is 9.38 Å². The highest BCUT2D eigenvalue weighted by Gasteiger charge is 2.17. The maximum atomic E-state index is 5.86. The second-order valence-corrected chi connectivity index (χ2v) is 4.55. The number of hydrogen-bond acceptors (Lipinski definition) is 2. The van der Waals surface area contributed by atoms with Gasteiger partial charge in [0.2, 0.25) is 0 Å². The maximum Gasteiger partial charge on any atom is 0.153 e. The molecule has 0 bridgehead atoms. The molecule has 3 nitrogen and oxygen atoms in total. The van der Waals surface area contributed by atoms with E-state index in [1.54, 1.807) is 0 Å². The van der Waals surface area contributed by atoms with Gasteiger partial charge < -0.3 is 8.82 Å². The molecule has 5 rings (SSSR count). The number of benzene rings is 1. The van der Waals surface area contributed by atoms with Gasteiger partial charge in [-0.15, -0.1) is 0 Å². The van der Waals surface area contributed by atoms with Crippen molar-refractivity contribution in [3.63, 3.8) is 0 Å². The summed E-state index contributed by atoms with van der Waals surface area (Å²) in [6.07, 6.45) is 3.87. The summed E-state index contributed by atoms with van der Waals surface area (Å²) in [6.45, 7) is 0. The van der Waals surface area contributed by atoms with E-state index in [0.29, 0.717) is 0 Å². The Kier molecular flexibility index (Phi) is 1.25. The Bertz CT molecular complexity index is 1020. The van der Waals surface area contributed by atoms with Gasteiger partial charge in [0.25, 0.3) is 0 Å². The molecule has 4 heterocycles. The zero-order valence-electron chi connectivity index (χ0n) is 9.42. The lowest BCUT2D eigenvalue weighted by Crippen LogP contribution is -1.89. The van der Waals surface area contributed by atoms with Crippen molar-refractivity contribution in [1.82, 2.24) is 9.38 Å². The molecule has 0 amide bonds. The molecule has 0 aliphatic rings. The van der Waals surface area contributed by atoms with Crippen molar-refractivity contribution in [2.24, 2.45) is 0 Å². The topological polar surface area (TPSA) is 30.4 Å². The van der Waals surface area contributed by atoms with Crippen molar-refractivity contribution in [1.29, 1.82) is 0 Å². The zero-order valence-corrected chi connectivity index (χ0v) is 9.42. The molecule has 0 aliphatic carbocycles. The van der Waals surface area contributed by atoms with Gasteiger partial charge in [-0.3, -0.25) is 4.98 Å². The van der Waals surface area contributed by atoms with Gasteiger partial charge in [-0.25, -0.2) is 0 Å². The second-order valence-electron chi connectivity index (χ2n) is 4.55. The van der Waals surface area contributed by atoms with E-state index in [0.717, 1.165) is 33.0 Å². The minimum absolute atomic E-state index is 0.911. The Balaban J connectivity index is 2.36. The minimum Gasteiger partial charge on any atom is -0.454 e. The van der Waals surface area contributed by atoms with Crippen LogP contribution in [0.4, 0.5) is 0 Å². The molecule has 84 valence electrons. The van der Waals surface area contributed by atoms with Gasteiger partial charge in [0.1, 0.15) is 11.1 Å². The number of rotatable bonds is 0. The third-order valence-corrected chi connectivity index (χ3v) is 3.64. The first-order valence-corrected chi connectivity index (χ1v) is 5.92. The van der Waals surface area contributed by atoms with E-state index in [9.17, 15) is 0 Å². The van der Waals surface area contributed by atoms with Crippen molar-refractivity contribution in [2.45, 2.75) is 0 Å². The van der Waals surface area contributed by atoms with Crippen molar-refractivity contribution in [2.75, 3.05) is 0 Å². The van der Waals surface area contributed by atoms with Crippen molar-refractivity contribution < 1.29 is 4.42 Å². The summed E-state index contributed by atoms with van der Waals surface area (Å²) < 4.78 is 8.05. The van der Waals surface area contributed by atoms with Crippen molar-refractivity contribution in [3.8, 4) is 0 Å². The fraction of sp³-hybridized carbons (Fsp3) is 0. The lowest BCUT2D eigenvalue weighted by molar-refractivity contribution is 0.669. The highest BCUT2D eigenvalue weighted by atomic mass is 16.3. The normalized spacial score (nSPS) is 12.4. The first kappa shape index (κ1) is 8.53. The van der Waals surface area contributed by atoms with E-state index in [2.05, 4.69) is 33.8 Å². The second kappa shape index (κ2) is 2.64. The van der Waals surface area contributed by atoms with Crippen molar-refractivity contribution in [3.05, 3.63) is 48.8 Å². The van der Waals surface area contributed by atoms with Crippen LogP contribution in [0.3, 0.4) is 0 Å². The molecule has 18 heavy (non-hydrogen) atoms. The largest absolute Gasteiger partial charge is 0.454 e. The molecule has 1 aromatic carbocycles. The van der Waals surface area contributed by atoms with Gasteiger partial charge in [-0.2, -0.15) is 0 Å². The Labute approximate surface area is 102 Å². The van der Waals surface area contributed by atoms with Crippen LogP contribution >= 0.6 is 0 Å². The van der Waals surface area contributed by atoms with E-state index in [-0.39, 0.29) is 0 Å². The van der Waals surface area contributed by atoms with Crippen LogP contribution in [0, 0.1) is 0 Å². The fourth-order valence-corrected chi connectivity index (χ4v) is 2.91. The summed E-state index contributed by atoms with van der Waals surface area (Å²) in [5.41, 5.74) is 5.16. The van der Waals surface area contributed by atoms with Crippen LogP contribution in [0.1, 0.15) is 0 Å². The summed E-state index contributed by atoms with van der Waals surface area (Å²) in [5.74, 6) is 0. The molecule has 4 aromatic heterocycles. The molecule has 0 unspecified atom stereocenters. The van der Waals surface area contributed by atoms with E-state index < -0.39 is 0 Å². The average Bonchev–Trinajstić information content (AvgIpc) is 2.97. The van der Waals surface area contributed by atoms with Gasteiger partial charge in [0, 0.05) is 17.8 Å². The summed E-state index contributed by atoms with van der Waals surface area (Å²) >= 11 is 0. The number of hydrogen-bond donors (Lipinski definition) is 0. The van der Waals surface area contributed by atoms with Gasteiger partial charge in [-0.1, -0.05) is 18.2 Å². The predicted molar refractivity (Wildman–Crippen MR) is 71.2 cm³/mol. The summed E-state index contributed by atoms with van der Waals surface area (Å²) in [5, 5.41) is 2.28. The summed E-state index contributed by atoms with van der Waals surface area (Å²) in [6, 6.07) is 12.3. The Morgan fingerprint density at radius 3 is 2.94 bits per heavy atom. The van der Waals surface area contributed by atoms with Gasteiger partial charge in [-0.05, 0) is 18.2 Å². The van der Waals surface area contributed by atoms with Crippen LogP contribution in [0.5, 0.6) is 0 Å². The minimum atomic E-state index is 0.911. The number of fused-ring (bicyclic) bond motifs is 3. The van der Waals surface area contributed by atoms with E-state index in [4.69, 9.17) is 4.42 Å². The lowest BCUT2D eigenvalue weighted by Gasteiger charge is -2.05. The molecule has 0 saturated heterocycles. The SMILES string of the molecule is c1ccc2c(c1)c1nccc3oc4ccn2c4c31. The zero-order chi connectivity index (χ0) is 11.7. The fourth-order valence-electron chi connectivity index (χ4n) is 2.91. The number of nitrogens with zero attached hydrogens (tertiary/aromatic N) is 2. The molecular formula is C15H8N2O. The Hall–Kier alpha value is -2.55. The Morgan fingerprint density at radius 1 is 1.00 bits per heavy atom. The molecule has 3 heteroatoms. The lowest BCUT2D eigenvalue weighted by atomic mass is 10.1. The third-order valence-electron chi connectivity index (χ3n) is 3.64. The summed E-state index contributed by atoms with van der Waals surface area (Å²) in [4.78, 5) is 4.54. The van der Waals surface area contributed by atoms with Crippen LogP contribution < -0.4 is 0 Å². The number of para-hydroxylation sites is 1. The number of furan rings is 1. The van der Waals surface area contributed by atoms with E-state index in [1.807, 2.05) is 24.4 Å². The highest BCUT2D eigenvalue weighted by Crippen LogP contribution is 2.37. The molecule has 0 saturated carbocycles. The number of aromatic nitrogens is 2. The van der Waals surface area contributed by atoms with E-state index in [1.165, 1.54) is 5.52 Å². The smallest absolute Gasteiger partial charge is 0.153 e. The standard InChI is InChI=1S/C15H8N2O/c1-2-4-10-9(3-1)14-13-11(5-7-16-14)18-12-6-8-17(10)15(12)13/h1-8H. The third kappa shape index (κ3) is 0.788. The van der Waals surface area contributed by atoms with Crippen LogP contribution in [0.15, 0.2) is 53.2 Å². The van der Waals surface area contributed by atoms with Crippen LogP contribution in [-0.2, 0) is 0 Å². The number of pyridine rings is 2. The van der Waals surface area contributed by atoms with Crippen LogP contribution in [0.25, 0.3) is 38.5 Å². The maximum absolute atomic E-state index is 5.86. The van der Waals surface area contributed by atoms with Crippen LogP contribution in [0.2, 0.25) is 0 Å². The quantitative estimate of drug-likeness (QED) is 0.380. The average molecular weight is 232 g/mol. The molecule has 0 spiro atoms. The molecule has 0 atom stereocenters. The molecule has 0 N–H and O–H groups in total. The first-order valence-electron chi connectivity index (χ1n) is 5.92. The van der Waals surface area contributed by atoms with Gasteiger partial charge in [0.05, 0.1) is 16.4 Å². The Morgan fingerprint density at radius 2 is 1.94 bits per heavy atom. The van der Waals surface area contributed by atoms with Gasteiger partial charge in [0.15, 0.2) is 5.58 Å². The molecule has 0 aliphatic heterocycles. The van der Waals surface area contributed by atoms with E-state index >= 15 is 0 Å². The molecule has 5 aromatic rings. The van der Waals surface area contributed by atoms with Crippen molar-refractivity contribution >= 4 is 38.5 Å².